The van der Waals surface area contributed by atoms with Crippen LogP contribution in [0.2, 0.25) is 0 Å². The molecule has 1 saturated heterocycles. The van der Waals surface area contributed by atoms with E-state index >= 15 is 0 Å². The van der Waals surface area contributed by atoms with Gasteiger partial charge in [0.25, 0.3) is 5.91 Å². The molecule has 176 valence electrons. The number of likely N-dealkylation sites (tertiary alicyclic amines) is 1. The number of para-hydroxylation sites is 1. The summed E-state index contributed by atoms with van der Waals surface area (Å²) in [6.07, 6.45) is 3.78. The normalized spacial score (nSPS) is 14.3. The van der Waals surface area contributed by atoms with Crippen LogP contribution >= 0.6 is 12.4 Å². The van der Waals surface area contributed by atoms with Gasteiger partial charge in [0.15, 0.2) is 0 Å². The first-order chi connectivity index (χ1) is 15.2. The molecule has 0 saturated carbocycles. The molecule has 0 aliphatic carbocycles. The van der Waals surface area contributed by atoms with Crippen molar-refractivity contribution in [2.75, 3.05) is 39.9 Å². The zero-order valence-electron chi connectivity index (χ0n) is 19.0. The van der Waals surface area contributed by atoms with E-state index in [0.29, 0.717) is 30.2 Å². The highest BCUT2D eigenvalue weighted by Crippen LogP contribution is 2.30. The third-order valence-corrected chi connectivity index (χ3v) is 5.43. The molecule has 1 N–H and O–H groups in total. The molecule has 1 aliphatic rings. The topological polar surface area (TPSA) is 60.0 Å². The van der Waals surface area contributed by atoms with Crippen molar-refractivity contribution in [1.29, 1.82) is 0 Å². The number of rotatable bonds is 12. The van der Waals surface area contributed by atoms with E-state index in [0.717, 1.165) is 38.2 Å². The monoisotopic (exact) mass is 462 g/mol. The van der Waals surface area contributed by atoms with Crippen molar-refractivity contribution in [1.82, 2.24) is 10.2 Å². The van der Waals surface area contributed by atoms with Crippen LogP contribution in [0, 0.1) is 0 Å². The van der Waals surface area contributed by atoms with E-state index in [4.69, 9.17) is 14.2 Å². The van der Waals surface area contributed by atoms with Crippen molar-refractivity contribution in [2.45, 2.75) is 38.7 Å². The quantitative estimate of drug-likeness (QED) is 0.466. The molecule has 32 heavy (non-hydrogen) atoms. The van der Waals surface area contributed by atoms with Gasteiger partial charge in [0.05, 0.1) is 13.7 Å². The number of carbonyl (C=O) groups excluding carboxylic acids is 1. The van der Waals surface area contributed by atoms with E-state index in [2.05, 4.69) is 17.1 Å². The second-order valence-corrected chi connectivity index (χ2v) is 7.75. The van der Waals surface area contributed by atoms with Crippen LogP contribution in [0.1, 0.15) is 44.3 Å². The van der Waals surface area contributed by atoms with Crippen molar-refractivity contribution in [2.24, 2.45) is 0 Å². The smallest absolute Gasteiger partial charge is 0.266 e. The Bertz CT molecular complexity index is 810. The maximum Gasteiger partial charge on any atom is 0.266 e. The summed E-state index contributed by atoms with van der Waals surface area (Å²) in [5.74, 6) is 1.85. The van der Waals surface area contributed by atoms with Crippen molar-refractivity contribution in [3.05, 3.63) is 54.1 Å². The lowest BCUT2D eigenvalue weighted by molar-refractivity contribution is -0.128. The van der Waals surface area contributed by atoms with Gasteiger partial charge in [-0.2, -0.15) is 0 Å². The fourth-order valence-corrected chi connectivity index (χ4v) is 3.66. The third kappa shape index (κ3) is 7.61. The number of ether oxygens (including phenoxy) is 3. The molecule has 3 rings (SSSR count). The Labute approximate surface area is 197 Å². The van der Waals surface area contributed by atoms with Crippen LogP contribution in [-0.4, -0.2) is 50.7 Å². The lowest BCUT2D eigenvalue weighted by Gasteiger charge is -2.22. The minimum Gasteiger partial charge on any atom is -0.496 e. The van der Waals surface area contributed by atoms with E-state index in [1.54, 1.807) is 7.11 Å². The van der Waals surface area contributed by atoms with Crippen LogP contribution < -0.4 is 19.5 Å². The molecule has 2 aromatic rings. The zero-order valence-corrected chi connectivity index (χ0v) is 19.9. The fourth-order valence-electron chi connectivity index (χ4n) is 3.66. The van der Waals surface area contributed by atoms with Gasteiger partial charge in [0.1, 0.15) is 17.2 Å². The molecule has 1 amide bonds. The molecular weight excluding hydrogens is 428 g/mol. The lowest BCUT2D eigenvalue weighted by atomic mass is 10.1. The Hall–Kier alpha value is -2.44. The number of carbonyl (C=O) groups is 1. The summed E-state index contributed by atoms with van der Waals surface area (Å²) in [6.45, 7) is 6.49. The lowest BCUT2D eigenvalue weighted by Crippen LogP contribution is -2.37. The molecule has 0 radical (unpaired) electrons. The fraction of sp³-hybridized carbons (Fsp3) is 0.480. The van der Waals surface area contributed by atoms with E-state index in [9.17, 15) is 4.79 Å². The number of methoxy groups -OCH3 is 1. The molecule has 0 aromatic heterocycles. The molecule has 1 fully saturated rings. The highest BCUT2D eigenvalue weighted by Gasteiger charge is 2.26. The van der Waals surface area contributed by atoms with E-state index in [1.807, 2.05) is 48.5 Å². The largest absolute Gasteiger partial charge is 0.496 e. The molecule has 0 bridgehead atoms. The Balaban J connectivity index is 0.00000363. The summed E-state index contributed by atoms with van der Waals surface area (Å²) < 4.78 is 17.3. The Kier molecular flexibility index (Phi) is 11.2. The predicted molar refractivity (Wildman–Crippen MR) is 129 cm³/mol. The number of nitrogens with zero attached hydrogens (tertiary/aromatic N) is 1. The number of halogens is 1. The SMILES string of the molecule is CCCCOc1ccc(OC(C(=O)NCCN2CCCC2)c2ccccc2OC)cc1.Cl. The van der Waals surface area contributed by atoms with Gasteiger partial charge in [-0.25, -0.2) is 0 Å². The van der Waals surface area contributed by atoms with Gasteiger partial charge in [0, 0.05) is 18.7 Å². The van der Waals surface area contributed by atoms with E-state index in [-0.39, 0.29) is 18.3 Å². The predicted octanol–water partition coefficient (Wildman–Crippen LogP) is 4.63. The summed E-state index contributed by atoms with van der Waals surface area (Å²) in [6, 6.07) is 14.9. The number of hydrogen-bond donors (Lipinski definition) is 1. The first kappa shape index (κ1) is 25.8. The average molecular weight is 463 g/mol. The van der Waals surface area contributed by atoms with Crippen LogP contribution in [0.5, 0.6) is 17.2 Å². The molecule has 7 heteroatoms. The average Bonchev–Trinajstić information content (AvgIpc) is 3.32. The number of benzene rings is 2. The summed E-state index contributed by atoms with van der Waals surface area (Å²) in [5, 5.41) is 3.04. The van der Waals surface area contributed by atoms with Crippen LogP contribution in [0.15, 0.2) is 48.5 Å². The number of hydrogen-bond acceptors (Lipinski definition) is 5. The number of unbranched alkanes of at least 4 members (excludes halogenated alkanes) is 1. The van der Waals surface area contributed by atoms with Gasteiger partial charge in [-0.05, 0) is 62.7 Å². The zero-order chi connectivity index (χ0) is 21.9. The summed E-state index contributed by atoms with van der Waals surface area (Å²) in [7, 11) is 1.60. The van der Waals surface area contributed by atoms with Gasteiger partial charge < -0.3 is 24.4 Å². The van der Waals surface area contributed by atoms with Gasteiger partial charge in [-0.1, -0.05) is 31.5 Å². The molecule has 1 unspecified atom stereocenters. The van der Waals surface area contributed by atoms with Crippen LogP contribution in [0.4, 0.5) is 0 Å². The highest BCUT2D eigenvalue weighted by molar-refractivity contribution is 5.85. The molecule has 0 spiro atoms. The number of nitrogens with one attached hydrogen (secondary N) is 1. The molecular formula is C25H35ClN2O4. The molecule has 1 atom stereocenters. The molecule has 6 nitrogen and oxygen atoms in total. The van der Waals surface area contributed by atoms with E-state index < -0.39 is 6.10 Å². The minimum atomic E-state index is -0.804. The van der Waals surface area contributed by atoms with E-state index in [1.165, 1.54) is 12.8 Å². The maximum atomic E-state index is 13.1. The first-order valence-electron chi connectivity index (χ1n) is 11.2. The van der Waals surface area contributed by atoms with Crippen LogP contribution in [0.25, 0.3) is 0 Å². The maximum absolute atomic E-state index is 13.1. The van der Waals surface area contributed by atoms with Gasteiger partial charge >= 0.3 is 0 Å². The Morgan fingerprint density at radius 3 is 2.44 bits per heavy atom. The highest BCUT2D eigenvalue weighted by atomic mass is 35.5. The van der Waals surface area contributed by atoms with Crippen molar-refractivity contribution >= 4 is 18.3 Å². The summed E-state index contributed by atoms with van der Waals surface area (Å²) >= 11 is 0. The second kappa shape index (κ2) is 13.9. The Morgan fingerprint density at radius 2 is 1.75 bits per heavy atom. The standard InChI is InChI=1S/C25H34N2O4.ClH/c1-3-4-19-30-20-11-13-21(14-12-20)31-24(22-9-5-6-10-23(22)29-2)25(28)26-15-18-27-16-7-8-17-27;/h5-6,9-14,24H,3-4,7-8,15-19H2,1-2H3,(H,26,28);1H. The van der Waals surface area contributed by atoms with Gasteiger partial charge in [0.2, 0.25) is 6.10 Å². The molecule has 2 aromatic carbocycles. The molecule has 1 aliphatic heterocycles. The van der Waals surface area contributed by atoms with Gasteiger partial charge in [-0.3, -0.25) is 4.79 Å². The van der Waals surface area contributed by atoms with Crippen molar-refractivity contribution in [3.63, 3.8) is 0 Å². The van der Waals surface area contributed by atoms with Gasteiger partial charge in [-0.15, -0.1) is 12.4 Å². The van der Waals surface area contributed by atoms with Crippen molar-refractivity contribution < 1.29 is 19.0 Å². The third-order valence-electron chi connectivity index (χ3n) is 5.43. The molecule has 1 heterocycles. The second-order valence-electron chi connectivity index (χ2n) is 7.75. The van der Waals surface area contributed by atoms with Crippen molar-refractivity contribution in [3.8, 4) is 17.2 Å². The summed E-state index contributed by atoms with van der Waals surface area (Å²) in [4.78, 5) is 15.5. The summed E-state index contributed by atoms with van der Waals surface area (Å²) in [5.41, 5.74) is 0.701. The van der Waals surface area contributed by atoms with Crippen LogP contribution in [-0.2, 0) is 4.79 Å². The minimum absolute atomic E-state index is 0. The number of amides is 1. The van der Waals surface area contributed by atoms with Crippen LogP contribution in [0.3, 0.4) is 0 Å². The first-order valence-corrected chi connectivity index (χ1v) is 11.2. The Morgan fingerprint density at radius 1 is 1.06 bits per heavy atom.